The number of carbonyl (C=O) groups excluding carboxylic acids is 1. The number of halogens is 4. The van der Waals surface area contributed by atoms with Crippen molar-refractivity contribution < 1.29 is 31.1 Å². The molecule has 1 aromatic heterocycles. The van der Waals surface area contributed by atoms with Crippen LogP contribution in [0.3, 0.4) is 0 Å². The Balaban J connectivity index is 1.62. The van der Waals surface area contributed by atoms with Gasteiger partial charge in [0.05, 0.1) is 4.34 Å². The first-order chi connectivity index (χ1) is 13.1. The van der Waals surface area contributed by atoms with E-state index < -0.39 is 28.0 Å². The van der Waals surface area contributed by atoms with Crippen LogP contribution in [0.4, 0.5) is 13.2 Å². The lowest BCUT2D eigenvalue weighted by Gasteiger charge is -2.33. The van der Waals surface area contributed by atoms with Crippen molar-refractivity contribution >= 4 is 38.9 Å². The number of hydrogen-bond donors (Lipinski definition) is 0. The van der Waals surface area contributed by atoms with E-state index in [-0.39, 0.29) is 36.0 Å². The van der Waals surface area contributed by atoms with Gasteiger partial charge in [0.15, 0.2) is 0 Å². The number of rotatable bonds is 4. The average molecular weight is 455 g/mol. The minimum absolute atomic E-state index is 0.110. The zero-order valence-corrected chi connectivity index (χ0v) is 16.5. The van der Waals surface area contributed by atoms with Crippen LogP contribution in [-0.4, -0.2) is 56.1 Å². The number of nitrogens with zero attached hydrogens (tertiary/aromatic N) is 2. The summed E-state index contributed by atoms with van der Waals surface area (Å²) in [5.41, 5.74) is 0.191. The van der Waals surface area contributed by atoms with E-state index in [2.05, 4.69) is 4.74 Å². The van der Waals surface area contributed by atoms with E-state index >= 15 is 0 Å². The average Bonchev–Trinajstić information content (AvgIpc) is 3.08. The van der Waals surface area contributed by atoms with Crippen LogP contribution in [0.5, 0.6) is 5.75 Å². The summed E-state index contributed by atoms with van der Waals surface area (Å²) in [6, 6.07) is 7.53. The maximum absolute atomic E-state index is 12.6. The van der Waals surface area contributed by atoms with Gasteiger partial charge in [-0.3, -0.25) is 4.79 Å². The highest BCUT2D eigenvalue weighted by atomic mass is 35.5. The lowest BCUT2D eigenvalue weighted by molar-refractivity contribution is -0.274. The molecule has 1 fully saturated rings. The monoisotopic (exact) mass is 454 g/mol. The fourth-order valence-electron chi connectivity index (χ4n) is 2.68. The van der Waals surface area contributed by atoms with Gasteiger partial charge in [0.1, 0.15) is 9.96 Å². The second-order valence-electron chi connectivity index (χ2n) is 5.83. The Morgan fingerprint density at radius 1 is 1.04 bits per heavy atom. The maximum Gasteiger partial charge on any atom is 0.573 e. The largest absolute Gasteiger partial charge is 0.573 e. The quantitative estimate of drug-likeness (QED) is 0.709. The van der Waals surface area contributed by atoms with Gasteiger partial charge in [0.2, 0.25) is 0 Å². The molecule has 1 saturated heterocycles. The van der Waals surface area contributed by atoms with Crippen molar-refractivity contribution in [3.63, 3.8) is 0 Å². The van der Waals surface area contributed by atoms with E-state index in [1.54, 1.807) is 0 Å². The molecule has 28 heavy (non-hydrogen) atoms. The van der Waals surface area contributed by atoms with Crippen LogP contribution in [0, 0.1) is 0 Å². The predicted molar refractivity (Wildman–Crippen MR) is 97.1 cm³/mol. The first-order valence-corrected chi connectivity index (χ1v) is 10.6. The van der Waals surface area contributed by atoms with Gasteiger partial charge in [-0.25, -0.2) is 8.42 Å². The molecule has 0 bridgehead atoms. The molecule has 1 amide bonds. The molecule has 1 aromatic carbocycles. The molecule has 0 saturated carbocycles. The van der Waals surface area contributed by atoms with Gasteiger partial charge >= 0.3 is 6.36 Å². The predicted octanol–water partition coefficient (Wildman–Crippen LogP) is 3.45. The summed E-state index contributed by atoms with van der Waals surface area (Å²) < 4.78 is 67.3. The summed E-state index contributed by atoms with van der Waals surface area (Å²) in [6.07, 6.45) is -4.81. The summed E-state index contributed by atoms with van der Waals surface area (Å²) in [5.74, 6) is -0.815. The van der Waals surface area contributed by atoms with Crippen LogP contribution >= 0.6 is 22.9 Å². The second-order valence-corrected chi connectivity index (χ2v) is 9.71. The van der Waals surface area contributed by atoms with Gasteiger partial charge in [-0.2, -0.15) is 4.31 Å². The van der Waals surface area contributed by atoms with Gasteiger partial charge in [0, 0.05) is 31.7 Å². The minimum Gasteiger partial charge on any atom is -0.406 e. The topological polar surface area (TPSA) is 66.9 Å². The number of amides is 1. The number of thiophene rings is 1. The molecule has 2 heterocycles. The normalized spacial score (nSPS) is 16.2. The third-order valence-corrected chi connectivity index (χ3v) is 7.60. The zero-order chi connectivity index (χ0) is 20.5. The molecule has 152 valence electrons. The van der Waals surface area contributed by atoms with Crippen molar-refractivity contribution in [2.45, 2.75) is 10.6 Å². The van der Waals surface area contributed by atoms with Crippen molar-refractivity contribution in [3.8, 4) is 5.75 Å². The van der Waals surface area contributed by atoms with Crippen molar-refractivity contribution in [2.75, 3.05) is 26.2 Å². The molecule has 2 aromatic rings. The number of benzene rings is 1. The summed E-state index contributed by atoms with van der Waals surface area (Å²) in [4.78, 5) is 14.0. The highest BCUT2D eigenvalue weighted by Crippen LogP contribution is 2.29. The van der Waals surface area contributed by atoms with Crippen LogP contribution in [0.2, 0.25) is 4.34 Å². The Morgan fingerprint density at radius 2 is 1.64 bits per heavy atom. The van der Waals surface area contributed by atoms with Crippen LogP contribution in [0.1, 0.15) is 10.4 Å². The van der Waals surface area contributed by atoms with Crippen LogP contribution < -0.4 is 4.74 Å². The Kier molecular flexibility index (Phi) is 5.89. The van der Waals surface area contributed by atoms with Crippen LogP contribution in [0.25, 0.3) is 0 Å². The van der Waals surface area contributed by atoms with Crippen molar-refractivity contribution in [2.24, 2.45) is 0 Å². The van der Waals surface area contributed by atoms with Crippen molar-refractivity contribution in [1.82, 2.24) is 9.21 Å². The molecule has 0 spiro atoms. The Labute approximate surface area is 168 Å². The number of sulfonamides is 1. The fraction of sp³-hybridized carbons (Fsp3) is 0.312. The Bertz CT molecular complexity index is 953. The lowest BCUT2D eigenvalue weighted by Crippen LogP contribution is -2.50. The third-order valence-electron chi connectivity index (χ3n) is 4.00. The molecular formula is C16H14ClF3N2O4S2. The molecule has 0 atom stereocenters. The van der Waals surface area contributed by atoms with Crippen molar-refractivity contribution in [1.29, 1.82) is 0 Å². The molecule has 6 nitrogen and oxygen atoms in total. The molecular weight excluding hydrogens is 441 g/mol. The zero-order valence-electron chi connectivity index (χ0n) is 14.1. The third kappa shape index (κ3) is 4.77. The Hall–Kier alpha value is -1.82. The molecule has 0 aliphatic carbocycles. The van der Waals surface area contributed by atoms with E-state index in [4.69, 9.17) is 11.6 Å². The molecule has 0 unspecified atom stereocenters. The van der Waals surface area contributed by atoms with Gasteiger partial charge in [-0.15, -0.1) is 24.5 Å². The van der Waals surface area contributed by atoms with E-state index in [9.17, 15) is 26.4 Å². The number of ether oxygens (including phenoxy) is 1. The highest BCUT2D eigenvalue weighted by molar-refractivity contribution is 7.91. The van der Waals surface area contributed by atoms with Crippen molar-refractivity contribution in [3.05, 3.63) is 46.3 Å². The summed E-state index contributed by atoms with van der Waals surface area (Å²) in [6.45, 7) is 0.549. The minimum atomic E-state index is -4.81. The van der Waals surface area contributed by atoms with E-state index in [1.165, 1.54) is 33.5 Å². The highest BCUT2D eigenvalue weighted by Gasteiger charge is 2.32. The maximum atomic E-state index is 12.6. The fourth-order valence-corrected chi connectivity index (χ4v) is 5.74. The van der Waals surface area contributed by atoms with Gasteiger partial charge in [0.25, 0.3) is 15.9 Å². The SMILES string of the molecule is O=C(c1ccc(OC(F)(F)F)cc1)N1CCN(S(=O)(=O)c2ccc(Cl)s2)CC1. The summed E-state index contributed by atoms with van der Waals surface area (Å²) in [7, 11) is -3.67. The summed E-state index contributed by atoms with van der Waals surface area (Å²) in [5, 5.41) is 0. The van der Waals surface area contributed by atoms with E-state index in [0.29, 0.717) is 4.34 Å². The summed E-state index contributed by atoms with van der Waals surface area (Å²) >= 11 is 6.76. The number of carbonyl (C=O) groups is 1. The molecule has 12 heteroatoms. The lowest BCUT2D eigenvalue weighted by atomic mass is 10.2. The molecule has 0 radical (unpaired) electrons. The van der Waals surface area contributed by atoms with Crippen LogP contribution in [-0.2, 0) is 10.0 Å². The smallest absolute Gasteiger partial charge is 0.406 e. The van der Waals surface area contributed by atoms with Crippen LogP contribution in [0.15, 0.2) is 40.6 Å². The second kappa shape index (κ2) is 7.90. The van der Waals surface area contributed by atoms with E-state index in [1.807, 2.05) is 0 Å². The standard InChI is InChI=1S/C16H14ClF3N2O4S2/c17-13-5-6-14(27-13)28(24,25)22-9-7-21(8-10-22)15(23)11-1-3-12(4-2-11)26-16(18,19)20/h1-6H,7-10H2. The molecule has 0 N–H and O–H groups in total. The Morgan fingerprint density at radius 3 is 2.14 bits per heavy atom. The first-order valence-electron chi connectivity index (χ1n) is 7.97. The number of alkyl halides is 3. The molecule has 1 aliphatic rings. The van der Waals surface area contributed by atoms with Gasteiger partial charge in [-0.1, -0.05) is 11.6 Å². The number of hydrogen-bond acceptors (Lipinski definition) is 5. The van der Waals surface area contributed by atoms with Gasteiger partial charge < -0.3 is 9.64 Å². The van der Waals surface area contributed by atoms with E-state index in [0.717, 1.165) is 23.5 Å². The molecule has 3 rings (SSSR count). The first kappa shape index (κ1) is 20.9. The van der Waals surface area contributed by atoms with Gasteiger partial charge in [-0.05, 0) is 36.4 Å². The molecule has 1 aliphatic heterocycles. The number of piperazine rings is 1.